The number of carbonyl (C=O) groups excluding carboxylic acids is 2. The summed E-state index contributed by atoms with van der Waals surface area (Å²) in [6.45, 7) is 0.0974. The van der Waals surface area contributed by atoms with Gasteiger partial charge in [0.2, 0.25) is 0 Å². The van der Waals surface area contributed by atoms with Crippen molar-refractivity contribution < 1.29 is 19.1 Å². The average Bonchev–Trinajstić information content (AvgIpc) is 2.53. The number of halogens is 1. The van der Waals surface area contributed by atoms with Crippen LogP contribution in [-0.2, 0) is 16.1 Å². The van der Waals surface area contributed by atoms with Crippen LogP contribution >= 0.6 is 11.6 Å². The second-order valence-electron chi connectivity index (χ2n) is 4.10. The third-order valence-electron chi connectivity index (χ3n) is 2.64. The number of carbonyl (C=O) groups is 2. The van der Waals surface area contributed by atoms with Gasteiger partial charge < -0.3 is 9.47 Å². The Labute approximate surface area is 126 Å². The summed E-state index contributed by atoms with van der Waals surface area (Å²) in [5.74, 6) is -1.22. The number of hydrogen-bond acceptors (Lipinski definition) is 5. The third-order valence-corrected chi connectivity index (χ3v) is 2.89. The standard InChI is InChI=1S/C15H12ClNO4/c1-20-14(18)12-3-2-4-13(17-12)15(19)21-9-10-5-7-11(16)8-6-10/h2-8H,9H2,1H3. The Kier molecular flexibility index (Phi) is 4.90. The summed E-state index contributed by atoms with van der Waals surface area (Å²) >= 11 is 5.77. The first-order valence-corrected chi connectivity index (χ1v) is 6.45. The monoisotopic (exact) mass is 305 g/mol. The van der Waals surface area contributed by atoms with E-state index >= 15 is 0 Å². The van der Waals surface area contributed by atoms with Crippen LogP contribution in [0.4, 0.5) is 0 Å². The lowest BCUT2D eigenvalue weighted by Crippen LogP contribution is -2.11. The van der Waals surface area contributed by atoms with Crippen LogP contribution in [0.25, 0.3) is 0 Å². The quantitative estimate of drug-likeness (QED) is 0.813. The second-order valence-corrected chi connectivity index (χ2v) is 4.54. The number of rotatable bonds is 4. The van der Waals surface area contributed by atoms with Gasteiger partial charge in [0.15, 0.2) is 0 Å². The van der Waals surface area contributed by atoms with E-state index in [2.05, 4.69) is 9.72 Å². The topological polar surface area (TPSA) is 65.5 Å². The molecule has 6 heteroatoms. The highest BCUT2D eigenvalue weighted by atomic mass is 35.5. The molecule has 0 amide bonds. The van der Waals surface area contributed by atoms with Crippen LogP contribution in [0, 0.1) is 0 Å². The Balaban J connectivity index is 2.03. The van der Waals surface area contributed by atoms with Crippen LogP contribution in [0.2, 0.25) is 5.02 Å². The molecule has 0 fully saturated rings. The fraction of sp³-hybridized carbons (Fsp3) is 0.133. The summed E-state index contributed by atoms with van der Waals surface area (Å²) in [4.78, 5) is 27.1. The summed E-state index contributed by atoms with van der Waals surface area (Å²) in [5, 5.41) is 0.609. The van der Waals surface area contributed by atoms with E-state index < -0.39 is 11.9 Å². The molecule has 1 aromatic carbocycles. The van der Waals surface area contributed by atoms with Gasteiger partial charge in [-0.15, -0.1) is 0 Å². The molecule has 0 unspecified atom stereocenters. The van der Waals surface area contributed by atoms with Crippen molar-refractivity contribution in [1.82, 2.24) is 4.98 Å². The molecular formula is C15H12ClNO4. The van der Waals surface area contributed by atoms with Gasteiger partial charge in [0, 0.05) is 5.02 Å². The number of esters is 2. The maximum absolute atomic E-state index is 11.9. The maximum Gasteiger partial charge on any atom is 0.357 e. The number of methoxy groups -OCH3 is 1. The maximum atomic E-state index is 11.9. The fourth-order valence-electron chi connectivity index (χ4n) is 1.57. The molecule has 0 saturated carbocycles. The van der Waals surface area contributed by atoms with Crippen molar-refractivity contribution in [3.8, 4) is 0 Å². The van der Waals surface area contributed by atoms with Crippen molar-refractivity contribution in [2.75, 3.05) is 7.11 Å². The van der Waals surface area contributed by atoms with Crippen molar-refractivity contribution in [3.05, 3.63) is 64.4 Å². The predicted octanol–water partition coefficient (Wildman–Crippen LogP) is 2.88. The molecule has 0 radical (unpaired) electrons. The SMILES string of the molecule is COC(=O)c1cccc(C(=O)OCc2ccc(Cl)cc2)n1. The van der Waals surface area contributed by atoms with Gasteiger partial charge >= 0.3 is 11.9 Å². The molecule has 0 aliphatic rings. The molecule has 0 aliphatic carbocycles. The van der Waals surface area contributed by atoms with E-state index in [4.69, 9.17) is 16.3 Å². The first-order chi connectivity index (χ1) is 10.1. The van der Waals surface area contributed by atoms with Crippen LogP contribution in [-0.4, -0.2) is 24.0 Å². The number of hydrogen-bond donors (Lipinski definition) is 0. The Hall–Kier alpha value is -2.40. The van der Waals surface area contributed by atoms with E-state index in [9.17, 15) is 9.59 Å². The molecule has 0 atom stereocenters. The zero-order chi connectivity index (χ0) is 15.2. The predicted molar refractivity (Wildman–Crippen MR) is 76.1 cm³/mol. The highest BCUT2D eigenvalue weighted by Gasteiger charge is 2.13. The minimum atomic E-state index is -0.615. The summed E-state index contributed by atoms with van der Waals surface area (Å²) < 4.78 is 9.67. The molecule has 0 bridgehead atoms. The van der Waals surface area contributed by atoms with E-state index in [-0.39, 0.29) is 18.0 Å². The number of benzene rings is 1. The lowest BCUT2D eigenvalue weighted by Gasteiger charge is -2.05. The number of aromatic nitrogens is 1. The van der Waals surface area contributed by atoms with Crippen LogP contribution in [0.3, 0.4) is 0 Å². The summed E-state index contributed by atoms with van der Waals surface area (Å²) in [7, 11) is 1.25. The van der Waals surface area contributed by atoms with Crippen molar-refractivity contribution in [3.63, 3.8) is 0 Å². The number of nitrogens with zero attached hydrogens (tertiary/aromatic N) is 1. The van der Waals surface area contributed by atoms with Crippen molar-refractivity contribution >= 4 is 23.5 Å². The second kappa shape index (κ2) is 6.85. The number of ether oxygens (including phenoxy) is 2. The zero-order valence-electron chi connectivity index (χ0n) is 11.2. The van der Waals surface area contributed by atoms with Gasteiger partial charge in [0.1, 0.15) is 18.0 Å². The van der Waals surface area contributed by atoms with Crippen molar-refractivity contribution in [1.29, 1.82) is 0 Å². The molecule has 0 aliphatic heterocycles. The van der Waals surface area contributed by atoms with E-state index in [0.29, 0.717) is 5.02 Å². The van der Waals surface area contributed by atoms with Gasteiger partial charge in [-0.1, -0.05) is 29.8 Å². The van der Waals surface area contributed by atoms with Gasteiger partial charge in [-0.2, -0.15) is 0 Å². The van der Waals surface area contributed by atoms with Gasteiger partial charge in [0.05, 0.1) is 7.11 Å². The molecule has 108 valence electrons. The zero-order valence-corrected chi connectivity index (χ0v) is 12.0. The molecule has 0 N–H and O–H groups in total. The van der Waals surface area contributed by atoms with Crippen molar-refractivity contribution in [2.24, 2.45) is 0 Å². The molecular weight excluding hydrogens is 294 g/mol. The highest BCUT2D eigenvalue weighted by Crippen LogP contribution is 2.11. The lowest BCUT2D eigenvalue weighted by atomic mass is 10.2. The van der Waals surface area contributed by atoms with Gasteiger partial charge in [-0.3, -0.25) is 0 Å². The average molecular weight is 306 g/mol. The van der Waals surface area contributed by atoms with Gasteiger partial charge in [0.25, 0.3) is 0 Å². The van der Waals surface area contributed by atoms with E-state index in [1.807, 2.05) is 0 Å². The third kappa shape index (κ3) is 4.03. The van der Waals surface area contributed by atoms with Crippen LogP contribution in [0.15, 0.2) is 42.5 Å². The van der Waals surface area contributed by atoms with Crippen LogP contribution < -0.4 is 0 Å². The van der Waals surface area contributed by atoms with Crippen LogP contribution in [0.1, 0.15) is 26.5 Å². The number of pyridine rings is 1. The summed E-state index contributed by atoms with van der Waals surface area (Å²) in [6.07, 6.45) is 0. The van der Waals surface area contributed by atoms with Gasteiger partial charge in [-0.25, -0.2) is 14.6 Å². The minimum absolute atomic E-state index is 0.0480. The molecule has 0 spiro atoms. The Bertz CT molecular complexity index is 655. The minimum Gasteiger partial charge on any atom is -0.464 e. The summed E-state index contributed by atoms with van der Waals surface area (Å²) in [5.41, 5.74) is 0.905. The normalized spacial score (nSPS) is 10.0. The molecule has 21 heavy (non-hydrogen) atoms. The molecule has 1 heterocycles. The largest absolute Gasteiger partial charge is 0.464 e. The fourth-order valence-corrected chi connectivity index (χ4v) is 1.70. The summed E-state index contributed by atoms with van der Waals surface area (Å²) in [6, 6.07) is 11.4. The Morgan fingerprint density at radius 3 is 2.29 bits per heavy atom. The van der Waals surface area contributed by atoms with E-state index in [1.165, 1.54) is 25.3 Å². The van der Waals surface area contributed by atoms with Crippen LogP contribution in [0.5, 0.6) is 0 Å². The lowest BCUT2D eigenvalue weighted by molar-refractivity contribution is 0.0465. The molecule has 2 rings (SSSR count). The van der Waals surface area contributed by atoms with E-state index in [0.717, 1.165) is 5.56 Å². The smallest absolute Gasteiger partial charge is 0.357 e. The Morgan fingerprint density at radius 2 is 1.67 bits per heavy atom. The molecule has 1 aromatic heterocycles. The van der Waals surface area contributed by atoms with Gasteiger partial charge in [-0.05, 0) is 29.8 Å². The van der Waals surface area contributed by atoms with Crippen molar-refractivity contribution in [2.45, 2.75) is 6.61 Å². The highest BCUT2D eigenvalue weighted by molar-refractivity contribution is 6.30. The first-order valence-electron chi connectivity index (χ1n) is 6.07. The molecule has 2 aromatic rings. The Morgan fingerprint density at radius 1 is 1.05 bits per heavy atom. The van der Waals surface area contributed by atoms with E-state index in [1.54, 1.807) is 24.3 Å². The molecule has 0 saturated heterocycles. The molecule has 5 nitrogen and oxygen atoms in total. The first kappa shape index (κ1) is 15.0.